The zero-order valence-corrected chi connectivity index (χ0v) is 14.2. The van der Waals surface area contributed by atoms with Gasteiger partial charge < -0.3 is 15.8 Å². The molecule has 0 radical (unpaired) electrons. The number of nitrogens with two attached hydrogens (primary N) is 1. The molecule has 0 unspecified atom stereocenters. The minimum Gasteiger partial charge on any atom is -0.491 e. The van der Waals surface area contributed by atoms with Crippen molar-refractivity contribution in [3.05, 3.63) is 24.0 Å². The fraction of sp³-hybridized carbons (Fsp3) is 0.588. The Morgan fingerprint density at radius 3 is 2.70 bits per heavy atom. The summed E-state index contributed by atoms with van der Waals surface area (Å²) in [6.07, 6.45) is 6.68. The monoisotopic (exact) mass is 344 g/mol. The standard InChI is InChI=1S/C17H25FN2O2.ClH/c18-14-8-9-15(16(11-14)22-12-13-6-7-13)20-17(21)5-3-1-2-4-10-19;/h8-9,11,13H,1-7,10,12,19H2,(H,20,21);1H. The van der Waals surface area contributed by atoms with Crippen LogP contribution in [-0.2, 0) is 4.79 Å². The van der Waals surface area contributed by atoms with E-state index in [0.717, 1.165) is 25.7 Å². The third kappa shape index (κ3) is 7.66. The maximum atomic E-state index is 13.3. The van der Waals surface area contributed by atoms with E-state index < -0.39 is 0 Å². The molecule has 1 aromatic rings. The van der Waals surface area contributed by atoms with Crippen LogP contribution in [0.25, 0.3) is 0 Å². The van der Waals surface area contributed by atoms with Crippen LogP contribution in [0.4, 0.5) is 10.1 Å². The maximum absolute atomic E-state index is 13.3. The van der Waals surface area contributed by atoms with Crippen LogP contribution in [0.2, 0.25) is 0 Å². The lowest BCUT2D eigenvalue weighted by molar-refractivity contribution is -0.116. The van der Waals surface area contributed by atoms with Crippen LogP contribution in [0.3, 0.4) is 0 Å². The van der Waals surface area contributed by atoms with Crippen molar-refractivity contribution in [2.75, 3.05) is 18.5 Å². The van der Waals surface area contributed by atoms with Gasteiger partial charge in [-0.3, -0.25) is 4.79 Å². The molecule has 0 atom stereocenters. The molecule has 1 amide bonds. The number of unbranched alkanes of at least 4 members (excludes halogenated alkanes) is 3. The quantitative estimate of drug-likeness (QED) is 0.633. The summed E-state index contributed by atoms with van der Waals surface area (Å²) in [7, 11) is 0. The van der Waals surface area contributed by atoms with Gasteiger partial charge in [-0.25, -0.2) is 4.39 Å². The highest BCUT2D eigenvalue weighted by Crippen LogP contribution is 2.32. The molecule has 6 heteroatoms. The number of amides is 1. The van der Waals surface area contributed by atoms with Gasteiger partial charge in [0, 0.05) is 12.5 Å². The van der Waals surface area contributed by atoms with Crippen molar-refractivity contribution >= 4 is 24.0 Å². The zero-order chi connectivity index (χ0) is 15.8. The van der Waals surface area contributed by atoms with Crippen molar-refractivity contribution in [1.29, 1.82) is 0 Å². The number of carbonyl (C=O) groups excluding carboxylic acids is 1. The molecule has 1 aliphatic carbocycles. The molecule has 1 aromatic carbocycles. The van der Waals surface area contributed by atoms with Crippen molar-refractivity contribution < 1.29 is 13.9 Å². The summed E-state index contributed by atoms with van der Waals surface area (Å²) in [5.41, 5.74) is 5.98. The first-order valence-corrected chi connectivity index (χ1v) is 8.11. The van der Waals surface area contributed by atoms with Gasteiger partial charge in [0.15, 0.2) is 0 Å². The van der Waals surface area contributed by atoms with Crippen molar-refractivity contribution in [1.82, 2.24) is 0 Å². The van der Waals surface area contributed by atoms with E-state index in [4.69, 9.17) is 10.5 Å². The normalized spacial score (nSPS) is 13.3. The second kappa shape index (κ2) is 10.4. The lowest BCUT2D eigenvalue weighted by atomic mass is 10.1. The van der Waals surface area contributed by atoms with E-state index in [1.807, 2.05) is 0 Å². The second-order valence-corrected chi connectivity index (χ2v) is 5.90. The molecule has 0 bridgehead atoms. The SMILES string of the molecule is Cl.NCCCCCCC(=O)Nc1ccc(F)cc1OCC1CC1. The van der Waals surface area contributed by atoms with Crippen LogP contribution in [0.15, 0.2) is 18.2 Å². The molecule has 1 fully saturated rings. The fourth-order valence-corrected chi connectivity index (χ4v) is 2.21. The molecular formula is C17H26ClFN2O2. The van der Waals surface area contributed by atoms with Gasteiger partial charge in [0.1, 0.15) is 11.6 Å². The molecular weight excluding hydrogens is 319 g/mol. The van der Waals surface area contributed by atoms with Crippen LogP contribution >= 0.6 is 12.4 Å². The number of rotatable bonds is 10. The van der Waals surface area contributed by atoms with Crippen LogP contribution in [-0.4, -0.2) is 19.1 Å². The topological polar surface area (TPSA) is 64.4 Å². The Hall–Kier alpha value is -1.33. The van der Waals surface area contributed by atoms with Crippen molar-refractivity contribution in [3.8, 4) is 5.75 Å². The summed E-state index contributed by atoms with van der Waals surface area (Å²) in [6.45, 7) is 1.29. The summed E-state index contributed by atoms with van der Waals surface area (Å²) >= 11 is 0. The molecule has 1 saturated carbocycles. The Morgan fingerprint density at radius 2 is 2.00 bits per heavy atom. The predicted octanol–water partition coefficient (Wildman–Crippen LogP) is 3.88. The molecule has 0 saturated heterocycles. The highest BCUT2D eigenvalue weighted by Gasteiger charge is 2.22. The van der Waals surface area contributed by atoms with E-state index in [-0.39, 0.29) is 24.1 Å². The Labute approximate surface area is 143 Å². The second-order valence-electron chi connectivity index (χ2n) is 5.90. The molecule has 0 aromatic heterocycles. The van der Waals surface area contributed by atoms with Gasteiger partial charge >= 0.3 is 0 Å². The molecule has 0 spiro atoms. The van der Waals surface area contributed by atoms with Gasteiger partial charge in [0.25, 0.3) is 0 Å². The van der Waals surface area contributed by atoms with E-state index >= 15 is 0 Å². The molecule has 0 aliphatic heterocycles. The van der Waals surface area contributed by atoms with E-state index in [1.165, 1.54) is 25.0 Å². The Balaban J connectivity index is 0.00000264. The summed E-state index contributed by atoms with van der Waals surface area (Å²) in [5.74, 6) is 0.582. The number of ether oxygens (including phenoxy) is 1. The Kier molecular flexibility index (Phi) is 8.95. The van der Waals surface area contributed by atoms with Crippen LogP contribution in [0, 0.1) is 11.7 Å². The first-order chi connectivity index (χ1) is 10.7. The van der Waals surface area contributed by atoms with Crippen LogP contribution in [0.5, 0.6) is 5.75 Å². The summed E-state index contributed by atoms with van der Waals surface area (Å²) in [4.78, 5) is 11.9. The van der Waals surface area contributed by atoms with Crippen LogP contribution < -0.4 is 15.8 Å². The van der Waals surface area contributed by atoms with Gasteiger partial charge in [0.2, 0.25) is 5.91 Å². The molecule has 23 heavy (non-hydrogen) atoms. The van der Waals surface area contributed by atoms with Crippen molar-refractivity contribution in [3.63, 3.8) is 0 Å². The maximum Gasteiger partial charge on any atom is 0.224 e. The van der Waals surface area contributed by atoms with Crippen LogP contribution in [0.1, 0.15) is 44.9 Å². The zero-order valence-electron chi connectivity index (χ0n) is 13.4. The fourth-order valence-electron chi connectivity index (χ4n) is 2.21. The highest BCUT2D eigenvalue weighted by molar-refractivity contribution is 5.92. The first-order valence-electron chi connectivity index (χ1n) is 8.11. The van der Waals surface area contributed by atoms with E-state index in [0.29, 0.717) is 36.9 Å². The number of anilines is 1. The minimum atomic E-state index is -0.356. The summed E-state index contributed by atoms with van der Waals surface area (Å²) < 4.78 is 19.0. The lowest BCUT2D eigenvalue weighted by Crippen LogP contribution is -2.13. The highest BCUT2D eigenvalue weighted by atomic mass is 35.5. The molecule has 130 valence electrons. The third-order valence-corrected chi connectivity index (χ3v) is 3.75. The van der Waals surface area contributed by atoms with Gasteiger partial charge in [-0.1, -0.05) is 12.8 Å². The molecule has 3 N–H and O–H groups in total. The molecule has 1 aliphatic rings. The number of benzene rings is 1. The first kappa shape index (κ1) is 19.7. The molecule has 0 heterocycles. The average molecular weight is 345 g/mol. The Bertz CT molecular complexity index is 495. The number of halogens is 2. The van der Waals surface area contributed by atoms with Gasteiger partial charge in [0.05, 0.1) is 12.3 Å². The number of hydrogen-bond donors (Lipinski definition) is 2. The van der Waals surface area contributed by atoms with E-state index in [2.05, 4.69) is 5.32 Å². The van der Waals surface area contributed by atoms with Gasteiger partial charge in [-0.05, 0) is 50.3 Å². The largest absolute Gasteiger partial charge is 0.491 e. The number of carbonyl (C=O) groups is 1. The minimum absolute atomic E-state index is 0. The van der Waals surface area contributed by atoms with E-state index in [1.54, 1.807) is 6.07 Å². The Morgan fingerprint density at radius 1 is 1.26 bits per heavy atom. The third-order valence-electron chi connectivity index (χ3n) is 3.75. The molecule has 4 nitrogen and oxygen atoms in total. The summed E-state index contributed by atoms with van der Waals surface area (Å²) in [5, 5.41) is 2.82. The van der Waals surface area contributed by atoms with Crippen molar-refractivity contribution in [2.24, 2.45) is 11.7 Å². The lowest BCUT2D eigenvalue weighted by Gasteiger charge is -2.12. The number of nitrogens with one attached hydrogen (secondary N) is 1. The smallest absolute Gasteiger partial charge is 0.224 e. The van der Waals surface area contributed by atoms with Gasteiger partial charge in [-0.2, -0.15) is 0 Å². The van der Waals surface area contributed by atoms with Gasteiger partial charge in [-0.15, -0.1) is 12.4 Å². The summed E-state index contributed by atoms with van der Waals surface area (Å²) in [6, 6.07) is 4.23. The molecule has 2 rings (SSSR count). The van der Waals surface area contributed by atoms with Crippen molar-refractivity contribution in [2.45, 2.75) is 44.9 Å². The average Bonchev–Trinajstić information content (AvgIpc) is 3.31. The van der Waals surface area contributed by atoms with E-state index in [9.17, 15) is 9.18 Å². The number of hydrogen-bond acceptors (Lipinski definition) is 3. The predicted molar refractivity (Wildman–Crippen MR) is 92.6 cm³/mol.